The van der Waals surface area contributed by atoms with Crippen LogP contribution in [-0.2, 0) is 19.1 Å². The fourth-order valence-electron chi connectivity index (χ4n) is 9.58. The molecule has 0 unspecified atom stereocenters. The van der Waals surface area contributed by atoms with Gasteiger partial charge in [0.15, 0.2) is 11.9 Å². The normalized spacial score (nSPS) is 41.9. The van der Waals surface area contributed by atoms with Crippen LogP contribution < -0.4 is 0 Å². The Bertz CT molecular complexity index is 1050. The number of allylic oxidation sites excluding steroid dienone is 3. The van der Waals surface area contributed by atoms with Crippen molar-refractivity contribution in [3.05, 3.63) is 23.3 Å². The molecule has 3 fully saturated rings. The highest BCUT2D eigenvalue weighted by molar-refractivity contribution is 5.95. The molecule has 206 valence electrons. The minimum Gasteiger partial charge on any atom is -0.454 e. The maximum Gasteiger partial charge on any atom is 0.303 e. The number of ether oxygens (including phenoxy) is 1. The summed E-state index contributed by atoms with van der Waals surface area (Å²) in [6.07, 6.45) is 7.49. The van der Waals surface area contributed by atoms with E-state index in [-0.39, 0.29) is 45.7 Å². The molecule has 1 N–H and O–H groups in total. The number of carbonyl (C=O) groups is 3. The van der Waals surface area contributed by atoms with Crippen molar-refractivity contribution in [2.75, 3.05) is 0 Å². The lowest BCUT2D eigenvalue weighted by Crippen LogP contribution is -2.61. The number of carbonyl (C=O) groups excluding carboxylic acids is 3. The molecule has 4 aliphatic carbocycles. The second-order valence-electron chi connectivity index (χ2n) is 14.2. The van der Waals surface area contributed by atoms with Crippen LogP contribution in [0.25, 0.3) is 0 Å². The van der Waals surface area contributed by atoms with Crippen molar-refractivity contribution >= 4 is 17.5 Å². The number of aliphatic hydroxyl groups is 1. The highest BCUT2D eigenvalue weighted by Crippen LogP contribution is 2.73. The lowest BCUT2D eigenvalue weighted by atomic mass is 9.40. The molecular weight excluding hydrogens is 464 g/mol. The zero-order valence-corrected chi connectivity index (χ0v) is 24.4. The second-order valence-corrected chi connectivity index (χ2v) is 14.2. The molecule has 0 radical (unpaired) electrons. The van der Waals surface area contributed by atoms with Gasteiger partial charge < -0.3 is 9.84 Å². The molecule has 0 amide bonds. The topological polar surface area (TPSA) is 80.7 Å². The highest BCUT2D eigenvalue weighted by atomic mass is 16.5. The van der Waals surface area contributed by atoms with E-state index in [1.54, 1.807) is 6.08 Å². The Kier molecular flexibility index (Phi) is 7.01. The van der Waals surface area contributed by atoms with E-state index >= 15 is 0 Å². The van der Waals surface area contributed by atoms with E-state index in [1.807, 2.05) is 20.8 Å². The van der Waals surface area contributed by atoms with Gasteiger partial charge in [0, 0.05) is 30.1 Å². The van der Waals surface area contributed by atoms with Crippen LogP contribution in [0, 0.1) is 45.3 Å². The molecule has 0 aromatic carbocycles. The largest absolute Gasteiger partial charge is 0.454 e. The number of Topliss-reactive ketones (excluding diaryl/α,β-unsaturated/α-hetero) is 1. The first-order chi connectivity index (χ1) is 17.0. The van der Waals surface area contributed by atoms with Crippen LogP contribution in [0.2, 0.25) is 0 Å². The molecule has 0 heterocycles. The van der Waals surface area contributed by atoms with Gasteiger partial charge in [-0.2, -0.15) is 0 Å². The predicted molar refractivity (Wildman–Crippen MR) is 145 cm³/mol. The third kappa shape index (κ3) is 4.01. The Morgan fingerprint density at radius 1 is 1.11 bits per heavy atom. The smallest absolute Gasteiger partial charge is 0.303 e. The average Bonchev–Trinajstić information content (AvgIpc) is 3.08. The number of hydrogen-bond donors (Lipinski definition) is 1. The number of rotatable bonds is 5. The molecule has 37 heavy (non-hydrogen) atoms. The minimum absolute atomic E-state index is 0.0177. The van der Waals surface area contributed by atoms with Crippen LogP contribution in [0.3, 0.4) is 0 Å². The van der Waals surface area contributed by atoms with E-state index in [2.05, 4.69) is 40.7 Å². The van der Waals surface area contributed by atoms with Crippen LogP contribution in [-0.4, -0.2) is 34.9 Å². The number of aliphatic hydroxyl groups excluding tert-OH is 1. The second kappa shape index (κ2) is 9.17. The Morgan fingerprint density at radius 3 is 2.35 bits per heavy atom. The Balaban J connectivity index is 1.73. The Labute approximate surface area is 223 Å². The van der Waals surface area contributed by atoms with Gasteiger partial charge in [0.05, 0.1) is 6.10 Å². The maximum absolute atomic E-state index is 13.2. The van der Waals surface area contributed by atoms with Crippen molar-refractivity contribution in [2.45, 2.75) is 113 Å². The maximum atomic E-state index is 13.2. The molecule has 0 spiro atoms. The first-order valence-corrected chi connectivity index (χ1v) is 14.3. The number of ketones is 2. The Hall–Kier alpha value is -1.75. The molecule has 0 bridgehead atoms. The van der Waals surface area contributed by atoms with Crippen molar-refractivity contribution in [1.82, 2.24) is 0 Å². The summed E-state index contributed by atoms with van der Waals surface area (Å²) < 4.78 is 5.65. The summed E-state index contributed by atoms with van der Waals surface area (Å²) in [5, 5.41) is 12.0. The third-order valence-electron chi connectivity index (χ3n) is 11.8. The van der Waals surface area contributed by atoms with E-state index in [0.29, 0.717) is 18.6 Å². The van der Waals surface area contributed by atoms with Crippen LogP contribution >= 0.6 is 0 Å². The number of hydrogen-bond acceptors (Lipinski definition) is 5. The lowest BCUT2D eigenvalue weighted by molar-refractivity contribution is -0.165. The van der Waals surface area contributed by atoms with Gasteiger partial charge in [-0.05, 0) is 80.6 Å². The van der Waals surface area contributed by atoms with E-state index in [4.69, 9.17) is 4.74 Å². The molecule has 0 aromatic heterocycles. The molecule has 0 aliphatic heterocycles. The molecule has 0 aromatic rings. The van der Waals surface area contributed by atoms with Gasteiger partial charge >= 0.3 is 5.97 Å². The van der Waals surface area contributed by atoms with Crippen LogP contribution in [0.4, 0.5) is 0 Å². The van der Waals surface area contributed by atoms with Crippen molar-refractivity contribution in [2.24, 2.45) is 45.3 Å². The van der Waals surface area contributed by atoms with E-state index in [0.717, 1.165) is 31.3 Å². The summed E-state index contributed by atoms with van der Waals surface area (Å²) in [5.74, 6) is 0.0763. The van der Waals surface area contributed by atoms with Gasteiger partial charge in [0.25, 0.3) is 0 Å². The lowest BCUT2D eigenvalue weighted by Gasteiger charge is -2.64. The highest BCUT2D eigenvalue weighted by Gasteiger charge is 2.68. The first kappa shape index (κ1) is 28.3. The van der Waals surface area contributed by atoms with E-state index in [1.165, 1.54) is 12.5 Å². The van der Waals surface area contributed by atoms with E-state index in [9.17, 15) is 19.5 Å². The summed E-state index contributed by atoms with van der Waals surface area (Å²) in [5.41, 5.74) is 1.31. The summed E-state index contributed by atoms with van der Waals surface area (Å²) >= 11 is 0. The van der Waals surface area contributed by atoms with Gasteiger partial charge in [-0.1, -0.05) is 58.8 Å². The van der Waals surface area contributed by atoms with Gasteiger partial charge in [0.1, 0.15) is 5.78 Å². The molecule has 4 rings (SSSR count). The van der Waals surface area contributed by atoms with Gasteiger partial charge in [-0.3, -0.25) is 14.4 Å². The Morgan fingerprint density at radius 2 is 1.76 bits per heavy atom. The summed E-state index contributed by atoms with van der Waals surface area (Å²) in [4.78, 5) is 38.1. The zero-order chi connectivity index (χ0) is 27.7. The van der Waals surface area contributed by atoms with Crippen LogP contribution in [0.1, 0.15) is 101 Å². The fraction of sp³-hybridized carbons (Fsp3) is 0.781. The predicted octanol–water partition coefficient (Wildman–Crippen LogP) is 6.23. The van der Waals surface area contributed by atoms with Crippen LogP contribution in [0.15, 0.2) is 23.3 Å². The monoisotopic (exact) mass is 512 g/mol. The third-order valence-corrected chi connectivity index (χ3v) is 11.8. The molecule has 3 saturated carbocycles. The minimum atomic E-state index is -0.853. The van der Waals surface area contributed by atoms with Crippen molar-refractivity contribution < 1.29 is 24.2 Å². The standard InChI is InChI=1S/C32H48O5/c1-18(2)16-24(34)28(37-20(4)33)19(3)21-12-15-31(8)22-10-11-25-29(5,6)26(35)13-14-30(25,7)23(22)17-27(36)32(21,31)9/h10,16,19,21,23,25,27-28,36H,11-15,17H2,1-9H3/t19-,21+,23+,25+,27-,28+,30-,31-,32-/m1/s1. The number of esters is 1. The molecular formula is C32H48O5. The molecule has 9 atom stereocenters. The summed E-state index contributed by atoms with van der Waals surface area (Å²) in [6.45, 7) is 18.3. The van der Waals surface area contributed by atoms with Gasteiger partial charge in [-0.25, -0.2) is 0 Å². The zero-order valence-electron chi connectivity index (χ0n) is 24.4. The summed E-state index contributed by atoms with van der Waals surface area (Å²) in [6, 6.07) is 0. The molecule has 5 heteroatoms. The molecule has 0 saturated heterocycles. The SMILES string of the molecule is CC(=O)O[C@H](C(=O)C=C(C)C)[C@H](C)[C@@H]1CC[C@]2(C)C3=CC[C@H]4C(C)(C)C(=O)CC[C@]4(C)[C@H]3C[C@@H](O)[C@@]12C. The van der Waals surface area contributed by atoms with E-state index < -0.39 is 23.6 Å². The van der Waals surface area contributed by atoms with Crippen molar-refractivity contribution in [3.63, 3.8) is 0 Å². The summed E-state index contributed by atoms with van der Waals surface area (Å²) in [7, 11) is 0. The van der Waals surface area contributed by atoms with Gasteiger partial charge in [-0.15, -0.1) is 0 Å². The van der Waals surface area contributed by atoms with Gasteiger partial charge in [0.2, 0.25) is 0 Å². The molecule has 5 nitrogen and oxygen atoms in total. The van der Waals surface area contributed by atoms with Crippen LogP contribution in [0.5, 0.6) is 0 Å². The fourth-order valence-corrected chi connectivity index (χ4v) is 9.58. The molecule has 4 aliphatic rings. The first-order valence-electron chi connectivity index (χ1n) is 14.3. The quantitative estimate of drug-likeness (QED) is 0.268. The van der Waals surface area contributed by atoms with Crippen molar-refractivity contribution in [1.29, 1.82) is 0 Å². The average molecular weight is 513 g/mol. The van der Waals surface area contributed by atoms with Crippen molar-refractivity contribution in [3.8, 4) is 0 Å². The number of fused-ring (bicyclic) bond motifs is 5.